The molecule has 1 atom stereocenters. The fourth-order valence-electron chi connectivity index (χ4n) is 1.99. The highest BCUT2D eigenvalue weighted by atomic mass is 32.2. The molecule has 1 fully saturated rings. The first kappa shape index (κ1) is 14.1. The molecular formula is C14H20N2O2S. The van der Waals surface area contributed by atoms with Gasteiger partial charge in [-0.15, -0.1) is 0 Å². The van der Waals surface area contributed by atoms with Crippen molar-refractivity contribution in [3.05, 3.63) is 24.3 Å². The van der Waals surface area contributed by atoms with Gasteiger partial charge in [0.25, 0.3) is 5.91 Å². The van der Waals surface area contributed by atoms with Crippen molar-refractivity contribution in [2.45, 2.75) is 18.9 Å². The second-order valence-electron chi connectivity index (χ2n) is 4.55. The minimum absolute atomic E-state index is 0.0548. The third-order valence-corrected chi connectivity index (χ3v) is 4.23. The number of anilines is 1. The van der Waals surface area contributed by atoms with Crippen LogP contribution in [0.1, 0.15) is 12.8 Å². The molecule has 2 N–H and O–H groups in total. The molecule has 2 rings (SSSR count). The van der Waals surface area contributed by atoms with Crippen LogP contribution < -0.4 is 15.4 Å². The summed E-state index contributed by atoms with van der Waals surface area (Å²) in [6, 6.07) is 8.32. The van der Waals surface area contributed by atoms with Crippen molar-refractivity contribution in [2.75, 3.05) is 30.5 Å². The lowest BCUT2D eigenvalue weighted by Gasteiger charge is -2.23. The van der Waals surface area contributed by atoms with Crippen LogP contribution in [-0.2, 0) is 4.79 Å². The maximum Gasteiger partial charge on any atom is 0.257 e. The first-order chi connectivity index (χ1) is 9.28. The SMILES string of the molecule is CNC(=O)COc1cccc(NC2CCCSC2)c1. The molecule has 0 radical (unpaired) electrons. The Kier molecular flexibility index (Phi) is 5.39. The molecular weight excluding hydrogens is 260 g/mol. The fourth-order valence-corrected chi connectivity index (χ4v) is 3.06. The molecule has 0 aliphatic carbocycles. The van der Waals surface area contributed by atoms with Crippen molar-refractivity contribution in [1.82, 2.24) is 5.32 Å². The summed E-state index contributed by atoms with van der Waals surface area (Å²) in [7, 11) is 1.60. The highest BCUT2D eigenvalue weighted by Gasteiger charge is 2.13. The molecule has 5 heteroatoms. The molecule has 1 aliphatic rings. The quantitative estimate of drug-likeness (QED) is 0.867. The Balaban J connectivity index is 1.88. The number of ether oxygens (including phenoxy) is 1. The predicted octanol–water partition coefficient (Wildman–Crippen LogP) is 2.12. The highest BCUT2D eigenvalue weighted by molar-refractivity contribution is 7.99. The minimum atomic E-state index is -0.123. The van der Waals surface area contributed by atoms with Crippen LogP contribution in [0.3, 0.4) is 0 Å². The maximum atomic E-state index is 11.1. The maximum absolute atomic E-state index is 11.1. The van der Waals surface area contributed by atoms with Gasteiger partial charge in [0.1, 0.15) is 5.75 Å². The van der Waals surface area contributed by atoms with Crippen molar-refractivity contribution in [1.29, 1.82) is 0 Å². The fraction of sp³-hybridized carbons (Fsp3) is 0.500. The number of hydrogen-bond acceptors (Lipinski definition) is 4. The normalized spacial score (nSPS) is 18.7. The molecule has 0 aromatic heterocycles. The van der Waals surface area contributed by atoms with E-state index in [-0.39, 0.29) is 12.5 Å². The van der Waals surface area contributed by atoms with Gasteiger partial charge in [-0.3, -0.25) is 4.79 Å². The molecule has 0 saturated carbocycles. The number of nitrogens with one attached hydrogen (secondary N) is 2. The Morgan fingerprint density at radius 1 is 1.53 bits per heavy atom. The summed E-state index contributed by atoms with van der Waals surface area (Å²) in [6.07, 6.45) is 2.49. The number of carbonyl (C=O) groups is 1. The number of thioether (sulfide) groups is 1. The number of hydrogen-bond donors (Lipinski definition) is 2. The van der Waals surface area contributed by atoms with E-state index in [0.29, 0.717) is 6.04 Å². The number of rotatable bonds is 5. The molecule has 1 amide bonds. The first-order valence-electron chi connectivity index (χ1n) is 6.55. The van der Waals surface area contributed by atoms with Crippen LogP contribution in [-0.4, -0.2) is 37.1 Å². The van der Waals surface area contributed by atoms with Gasteiger partial charge in [-0.25, -0.2) is 0 Å². The van der Waals surface area contributed by atoms with E-state index < -0.39 is 0 Å². The molecule has 1 unspecified atom stereocenters. The Labute approximate surface area is 118 Å². The van der Waals surface area contributed by atoms with E-state index in [1.807, 2.05) is 36.0 Å². The average Bonchev–Trinajstić information content (AvgIpc) is 2.46. The number of amides is 1. The molecule has 1 aromatic carbocycles. The van der Waals surface area contributed by atoms with Crippen molar-refractivity contribution in [2.24, 2.45) is 0 Å². The van der Waals surface area contributed by atoms with Gasteiger partial charge in [0.15, 0.2) is 6.61 Å². The van der Waals surface area contributed by atoms with Gasteiger partial charge in [-0.05, 0) is 30.7 Å². The lowest BCUT2D eigenvalue weighted by Crippen LogP contribution is -2.26. The van der Waals surface area contributed by atoms with E-state index in [1.54, 1.807) is 7.05 Å². The van der Waals surface area contributed by atoms with Crippen LogP contribution >= 0.6 is 11.8 Å². The standard InChI is InChI=1S/C14H20N2O2S/c1-15-14(17)9-18-13-6-2-4-11(8-13)16-12-5-3-7-19-10-12/h2,4,6,8,12,16H,3,5,7,9-10H2,1H3,(H,15,17). The van der Waals surface area contributed by atoms with Crippen molar-refractivity contribution >= 4 is 23.4 Å². The Hall–Kier alpha value is -1.36. The third-order valence-electron chi connectivity index (χ3n) is 3.01. The summed E-state index contributed by atoms with van der Waals surface area (Å²) in [6.45, 7) is 0.0548. The van der Waals surface area contributed by atoms with Crippen LogP contribution in [0.2, 0.25) is 0 Å². The topological polar surface area (TPSA) is 50.4 Å². The van der Waals surface area contributed by atoms with Gasteiger partial charge >= 0.3 is 0 Å². The van der Waals surface area contributed by atoms with E-state index in [9.17, 15) is 4.79 Å². The molecule has 1 aromatic rings. The van der Waals surface area contributed by atoms with Crippen LogP contribution in [0.5, 0.6) is 5.75 Å². The molecule has 0 bridgehead atoms. The third kappa shape index (κ3) is 4.67. The van der Waals surface area contributed by atoms with E-state index >= 15 is 0 Å². The van der Waals surface area contributed by atoms with Gasteiger partial charge in [0, 0.05) is 30.6 Å². The van der Waals surface area contributed by atoms with Crippen LogP contribution in [0, 0.1) is 0 Å². The van der Waals surface area contributed by atoms with Crippen molar-refractivity contribution in [3.8, 4) is 5.75 Å². The zero-order chi connectivity index (χ0) is 13.5. The summed E-state index contributed by atoms with van der Waals surface area (Å²) in [5.41, 5.74) is 1.06. The van der Waals surface area contributed by atoms with Crippen LogP contribution in [0.25, 0.3) is 0 Å². The lowest BCUT2D eigenvalue weighted by molar-refractivity contribution is -0.122. The molecule has 0 spiro atoms. The largest absolute Gasteiger partial charge is 0.484 e. The molecule has 4 nitrogen and oxygen atoms in total. The smallest absolute Gasteiger partial charge is 0.257 e. The van der Waals surface area contributed by atoms with Crippen LogP contribution in [0.15, 0.2) is 24.3 Å². The minimum Gasteiger partial charge on any atom is -0.484 e. The summed E-state index contributed by atoms with van der Waals surface area (Å²) in [4.78, 5) is 11.1. The lowest BCUT2D eigenvalue weighted by atomic mass is 10.1. The summed E-state index contributed by atoms with van der Waals surface area (Å²) in [5, 5.41) is 6.05. The van der Waals surface area contributed by atoms with Crippen LogP contribution in [0.4, 0.5) is 5.69 Å². The molecule has 1 heterocycles. The predicted molar refractivity (Wildman–Crippen MR) is 80.0 cm³/mol. The van der Waals surface area contributed by atoms with E-state index in [1.165, 1.54) is 18.6 Å². The van der Waals surface area contributed by atoms with E-state index in [2.05, 4.69) is 10.6 Å². The Morgan fingerprint density at radius 3 is 3.16 bits per heavy atom. The Morgan fingerprint density at radius 2 is 2.42 bits per heavy atom. The molecule has 104 valence electrons. The van der Waals surface area contributed by atoms with E-state index in [0.717, 1.165) is 17.2 Å². The van der Waals surface area contributed by atoms with Crippen molar-refractivity contribution < 1.29 is 9.53 Å². The first-order valence-corrected chi connectivity index (χ1v) is 7.71. The summed E-state index contributed by atoms with van der Waals surface area (Å²) < 4.78 is 5.43. The van der Waals surface area contributed by atoms with Gasteiger partial charge in [0.2, 0.25) is 0 Å². The molecule has 1 saturated heterocycles. The summed E-state index contributed by atoms with van der Waals surface area (Å²) in [5.74, 6) is 3.02. The van der Waals surface area contributed by atoms with Gasteiger partial charge in [-0.2, -0.15) is 11.8 Å². The van der Waals surface area contributed by atoms with Gasteiger partial charge < -0.3 is 15.4 Å². The Bertz CT molecular complexity index is 420. The number of likely N-dealkylation sites (N-methyl/N-ethyl adjacent to an activating group) is 1. The van der Waals surface area contributed by atoms with E-state index in [4.69, 9.17) is 4.74 Å². The molecule has 1 aliphatic heterocycles. The second-order valence-corrected chi connectivity index (χ2v) is 5.70. The van der Waals surface area contributed by atoms with Crippen molar-refractivity contribution in [3.63, 3.8) is 0 Å². The zero-order valence-electron chi connectivity index (χ0n) is 11.1. The monoisotopic (exact) mass is 280 g/mol. The van der Waals surface area contributed by atoms with Gasteiger partial charge in [-0.1, -0.05) is 6.07 Å². The number of benzene rings is 1. The molecule has 19 heavy (non-hydrogen) atoms. The summed E-state index contributed by atoms with van der Waals surface area (Å²) >= 11 is 2.00. The second kappa shape index (κ2) is 7.28. The number of carbonyl (C=O) groups excluding carboxylic acids is 1. The highest BCUT2D eigenvalue weighted by Crippen LogP contribution is 2.23. The zero-order valence-corrected chi connectivity index (χ0v) is 12.0. The van der Waals surface area contributed by atoms with Gasteiger partial charge in [0.05, 0.1) is 0 Å². The average molecular weight is 280 g/mol.